The van der Waals surface area contributed by atoms with Gasteiger partial charge in [-0.3, -0.25) is 4.18 Å². The molecule has 0 amide bonds. The Labute approximate surface area is 153 Å². The minimum Gasteiger partial charge on any atom is -0.372 e. The van der Waals surface area contributed by atoms with E-state index in [1.54, 1.807) is 6.92 Å². The summed E-state index contributed by atoms with van der Waals surface area (Å²) in [6.45, 7) is 2.28. The Balaban J connectivity index is 2.25. The molecule has 0 fully saturated rings. The van der Waals surface area contributed by atoms with Gasteiger partial charge in [0, 0.05) is 19.3 Å². The van der Waals surface area contributed by atoms with Crippen molar-refractivity contribution in [3.05, 3.63) is 47.5 Å². The van der Waals surface area contributed by atoms with Gasteiger partial charge in [-0.05, 0) is 47.0 Å². The lowest BCUT2D eigenvalue weighted by Crippen LogP contribution is -2.23. The van der Waals surface area contributed by atoms with Gasteiger partial charge in [-0.1, -0.05) is 18.2 Å². The van der Waals surface area contributed by atoms with Crippen molar-refractivity contribution in [2.24, 2.45) is 0 Å². The zero-order valence-electron chi connectivity index (χ0n) is 14.9. The van der Waals surface area contributed by atoms with Crippen molar-refractivity contribution in [3.63, 3.8) is 0 Å². The highest BCUT2D eigenvalue weighted by Crippen LogP contribution is 2.26. The second-order valence-corrected chi connectivity index (χ2v) is 7.56. The molecule has 0 atom stereocenters. The number of allylic oxidation sites excluding steroid dienone is 2. The molecule has 2 rings (SSSR count). The second-order valence-electron chi connectivity index (χ2n) is 5.92. The Morgan fingerprint density at radius 1 is 1.12 bits per heavy atom. The molecule has 0 aromatic heterocycles. The molecule has 0 heterocycles. The molecule has 7 heteroatoms. The molecule has 0 saturated heterocycles. The number of fused-ring (bicyclic) bond motifs is 1. The first-order chi connectivity index (χ1) is 12.2. The van der Waals surface area contributed by atoms with Crippen LogP contribution < -0.4 is 4.90 Å². The van der Waals surface area contributed by atoms with Crippen LogP contribution in [0.1, 0.15) is 12.5 Å². The molecule has 134 valence electrons. The monoisotopic (exact) mass is 369 g/mol. The summed E-state index contributed by atoms with van der Waals surface area (Å²) in [5.41, 5.74) is 2.52. The summed E-state index contributed by atoms with van der Waals surface area (Å²) in [7, 11) is -1.58. The van der Waals surface area contributed by atoms with Crippen LogP contribution in [0.4, 0.5) is 5.69 Å². The van der Waals surface area contributed by atoms with Gasteiger partial charge in [0.15, 0.2) is 0 Å². The van der Waals surface area contributed by atoms with Crippen LogP contribution in [0.3, 0.4) is 0 Å². The Hall–Kier alpha value is -2.87. The van der Waals surface area contributed by atoms with Gasteiger partial charge >= 0.3 is 0 Å². The predicted molar refractivity (Wildman–Crippen MR) is 102 cm³/mol. The number of nitrogens with zero attached hydrogens (tertiary/aromatic N) is 3. The molecular weight excluding hydrogens is 350 g/mol. The van der Waals surface area contributed by atoms with Crippen molar-refractivity contribution in [2.45, 2.75) is 6.92 Å². The Kier molecular flexibility index (Phi) is 5.99. The molecule has 0 aliphatic rings. The average molecular weight is 369 g/mol. The topological polar surface area (TPSA) is 94.2 Å². The van der Waals surface area contributed by atoms with E-state index in [0.29, 0.717) is 12.1 Å². The molecule has 2 aromatic rings. The largest absolute Gasteiger partial charge is 0.372 e. The summed E-state index contributed by atoms with van der Waals surface area (Å²) < 4.78 is 26.8. The first kappa shape index (κ1) is 19.5. The molecule has 0 bridgehead atoms. The summed E-state index contributed by atoms with van der Waals surface area (Å²) >= 11 is 0. The number of rotatable bonds is 6. The molecule has 0 unspecified atom stereocenters. The van der Waals surface area contributed by atoms with Crippen LogP contribution >= 0.6 is 0 Å². The maximum atomic E-state index is 11.0. The third-order valence-corrected chi connectivity index (χ3v) is 4.62. The molecular formula is C19H19N3O3S. The highest BCUT2D eigenvalue weighted by molar-refractivity contribution is 7.85. The number of anilines is 1. The summed E-state index contributed by atoms with van der Waals surface area (Å²) in [5, 5.41) is 20.0. The van der Waals surface area contributed by atoms with Gasteiger partial charge < -0.3 is 4.90 Å². The average Bonchev–Trinajstić information content (AvgIpc) is 2.60. The molecule has 0 radical (unpaired) electrons. The lowest BCUT2D eigenvalue weighted by atomic mass is 9.99. The number of hydrogen-bond acceptors (Lipinski definition) is 6. The number of likely N-dealkylation sites (N-methyl/N-ethyl adjacent to an activating group) is 1. The van der Waals surface area contributed by atoms with E-state index in [-0.39, 0.29) is 12.2 Å². The molecule has 0 saturated carbocycles. The Morgan fingerprint density at radius 2 is 1.73 bits per heavy atom. The van der Waals surface area contributed by atoms with Crippen LogP contribution in [-0.2, 0) is 14.3 Å². The van der Waals surface area contributed by atoms with Crippen LogP contribution in [0.15, 0.2) is 42.0 Å². The number of hydrogen-bond donors (Lipinski definition) is 0. The van der Waals surface area contributed by atoms with Crippen LogP contribution in [0.5, 0.6) is 0 Å². The van der Waals surface area contributed by atoms with E-state index in [1.807, 2.05) is 60.5 Å². The maximum Gasteiger partial charge on any atom is 0.264 e. The normalized spacial score (nSPS) is 10.8. The first-order valence-electron chi connectivity index (χ1n) is 7.86. The summed E-state index contributed by atoms with van der Waals surface area (Å²) in [6.07, 6.45) is 1.03. The smallest absolute Gasteiger partial charge is 0.264 e. The van der Waals surface area contributed by atoms with E-state index in [9.17, 15) is 8.42 Å². The fraction of sp³-hybridized carbons (Fsp3) is 0.263. The molecule has 0 N–H and O–H groups in total. The third kappa shape index (κ3) is 4.82. The van der Waals surface area contributed by atoms with Gasteiger partial charge in [-0.2, -0.15) is 18.9 Å². The molecule has 0 aliphatic carbocycles. The van der Waals surface area contributed by atoms with Crippen LogP contribution in [0.2, 0.25) is 0 Å². The van der Waals surface area contributed by atoms with Gasteiger partial charge in [0.05, 0.1) is 12.9 Å². The number of nitriles is 2. The number of benzene rings is 2. The Morgan fingerprint density at radius 3 is 2.35 bits per heavy atom. The SMILES string of the molecule is CC(=C(C#N)C#N)c1ccc2cc(N(C)CCOS(C)(=O)=O)ccc2c1. The summed E-state index contributed by atoms with van der Waals surface area (Å²) in [4.78, 5) is 1.91. The molecule has 2 aromatic carbocycles. The van der Waals surface area contributed by atoms with E-state index < -0.39 is 10.1 Å². The van der Waals surface area contributed by atoms with Gasteiger partial charge in [-0.25, -0.2) is 0 Å². The van der Waals surface area contributed by atoms with Gasteiger partial charge in [0.25, 0.3) is 10.1 Å². The van der Waals surface area contributed by atoms with Gasteiger partial charge in [0.1, 0.15) is 17.7 Å². The minimum atomic E-state index is -3.44. The highest BCUT2D eigenvalue weighted by atomic mass is 32.2. The third-order valence-electron chi connectivity index (χ3n) is 4.02. The summed E-state index contributed by atoms with van der Waals surface area (Å²) in [6, 6.07) is 15.5. The van der Waals surface area contributed by atoms with Crippen LogP contribution in [0, 0.1) is 22.7 Å². The van der Waals surface area contributed by atoms with Crippen molar-refractivity contribution in [3.8, 4) is 12.1 Å². The van der Waals surface area contributed by atoms with E-state index in [4.69, 9.17) is 14.7 Å². The Bertz CT molecular complexity index is 1030. The molecule has 6 nitrogen and oxygen atoms in total. The zero-order valence-corrected chi connectivity index (χ0v) is 15.7. The van der Waals surface area contributed by atoms with Crippen LogP contribution in [0.25, 0.3) is 16.3 Å². The maximum absolute atomic E-state index is 11.0. The van der Waals surface area contributed by atoms with Crippen molar-refractivity contribution in [1.29, 1.82) is 10.5 Å². The highest BCUT2D eigenvalue weighted by Gasteiger charge is 2.08. The van der Waals surface area contributed by atoms with Crippen LogP contribution in [-0.4, -0.2) is 34.9 Å². The first-order valence-corrected chi connectivity index (χ1v) is 9.67. The predicted octanol–water partition coefficient (Wildman–Crippen LogP) is 3.07. The van der Waals surface area contributed by atoms with Crippen molar-refractivity contribution in [1.82, 2.24) is 0 Å². The molecule has 0 aliphatic heterocycles. The zero-order chi connectivity index (χ0) is 19.3. The fourth-order valence-electron chi connectivity index (χ4n) is 2.50. The van der Waals surface area contributed by atoms with Crippen molar-refractivity contribution in [2.75, 3.05) is 31.4 Å². The van der Waals surface area contributed by atoms with Crippen molar-refractivity contribution < 1.29 is 12.6 Å². The standard InChI is InChI=1S/C19H19N3O3S/c1-14(18(12-20)13-21)15-4-5-17-11-19(7-6-16(17)10-15)22(2)8-9-25-26(3,23)24/h4-7,10-11H,8-9H2,1-3H3. The van der Waals surface area contributed by atoms with Crippen molar-refractivity contribution >= 4 is 32.2 Å². The van der Waals surface area contributed by atoms with E-state index in [1.165, 1.54) is 0 Å². The van der Waals surface area contributed by atoms with Gasteiger partial charge in [0.2, 0.25) is 0 Å². The fourth-order valence-corrected chi connectivity index (χ4v) is 2.87. The lowest BCUT2D eigenvalue weighted by molar-refractivity contribution is 0.329. The molecule has 26 heavy (non-hydrogen) atoms. The lowest BCUT2D eigenvalue weighted by Gasteiger charge is -2.19. The minimum absolute atomic E-state index is 0.0847. The second kappa shape index (κ2) is 8.01. The quantitative estimate of drug-likeness (QED) is 0.574. The van der Waals surface area contributed by atoms with E-state index >= 15 is 0 Å². The molecule has 0 spiro atoms. The summed E-state index contributed by atoms with van der Waals surface area (Å²) in [5.74, 6) is 0. The van der Waals surface area contributed by atoms with Gasteiger partial charge in [-0.15, -0.1) is 0 Å². The van der Waals surface area contributed by atoms with E-state index in [2.05, 4.69) is 0 Å². The van der Waals surface area contributed by atoms with E-state index in [0.717, 1.165) is 28.3 Å².